The number of hydrogen-bond acceptors (Lipinski definition) is 5. The Kier molecular flexibility index (Phi) is 9.75. The molecule has 5 aromatic heterocycles. The predicted molar refractivity (Wildman–Crippen MR) is 281 cm³/mol. The van der Waals surface area contributed by atoms with Crippen molar-refractivity contribution in [2.24, 2.45) is 0 Å². The summed E-state index contributed by atoms with van der Waals surface area (Å²) in [7, 11) is 2.05. The number of para-hydroxylation sites is 6. The molecule has 0 atom stereocenters. The first-order chi connectivity index (χ1) is 34.1. The van der Waals surface area contributed by atoms with Gasteiger partial charge in [0.2, 0.25) is 0 Å². The summed E-state index contributed by atoms with van der Waals surface area (Å²) < 4.78 is 13.5. The average Bonchev–Trinajstić information content (AvgIpc) is 4.12. The van der Waals surface area contributed by atoms with Crippen molar-refractivity contribution in [2.45, 2.75) is 6.92 Å². The standard InChI is InChI=1S/C61H40N7O.Pt/c1-39-34-59(68-58-36-42(31-32-47(58)48-22-15-33-62-61(48)68)69-41-17-13-16-40(35-41)65-38-64(2)54-27-11-12-28-55(54)65)63-37-49(39)60-56(66-50-23-7-3-18-43(50)44-19-4-8-24-51(44)66)29-14-30-57(60)67-52-25-9-5-20-45(52)46-21-6-10-26-53(46)67;/h3-34,37-38H,1-2H3;/q-3;. The molecule has 0 amide bonds. The van der Waals surface area contributed by atoms with Gasteiger partial charge in [-0.15, -0.1) is 41.4 Å². The molecule has 0 aliphatic carbocycles. The molecule has 0 saturated carbocycles. The van der Waals surface area contributed by atoms with Gasteiger partial charge >= 0.3 is 0 Å². The number of rotatable bonds is 7. The summed E-state index contributed by atoms with van der Waals surface area (Å²) in [6, 6.07) is 73.3. The molecule has 0 saturated heterocycles. The van der Waals surface area contributed by atoms with E-state index in [0.29, 0.717) is 11.5 Å². The maximum atomic E-state index is 6.58. The van der Waals surface area contributed by atoms with E-state index in [2.05, 4.69) is 214 Å². The van der Waals surface area contributed by atoms with Crippen molar-refractivity contribution in [3.05, 3.63) is 225 Å². The van der Waals surface area contributed by atoms with E-state index < -0.39 is 0 Å². The van der Waals surface area contributed by atoms with Gasteiger partial charge in [-0.3, -0.25) is 0 Å². The molecule has 9 heteroatoms. The number of benzene rings is 8. The van der Waals surface area contributed by atoms with Crippen molar-refractivity contribution >= 4 is 82.6 Å². The summed E-state index contributed by atoms with van der Waals surface area (Å²) >= 11 is 0. The third-order valence-corrected chi connectivity index (χ3v) is 13.7. The van der Waals surface area contributed by atoms with Gasteiger partial charge in [0.1, 0.15) is 11.5 Å². The first kappa shape index (κ1) is 41.7. The van der Waals surface area contributed by atoms with Gasteiger partial charge < -0.3 is 28.2 Å². The Bertz CT molecular complexity index is 3980. The Morgan fingerprint density at radius 3 is 1.66 bits per heavy atom. The number of ether oxygens (including phenoxy) is 1. The van der Waals surface area contributed by atoms with Gasteiger partial charge in [0.15, 0.2) is 0 Å². The van der Waals surface area contributed by atoms with E-state index in [1.165, 1.54) is 21.5 Å². The summed E-state index contributed by atoms with van der Waals surface area (Å²) in [6.07, 6.45) is 3.88. The Labute approximate surface area is 418 Å². The largest absolute Gasteiger partial charge is 0.509 e. The monoisotopic (exact) mass is 1080 g/mol. The van der Waals surface area contributed by atoms with Crippen LogP contribution in [0.1, 0.15) is 5.56 Å². The van der Waals surface area contributed by atoms with Crippen LogP contribution in [0.15, 0.2) is 200 Å². The number of pyridine rings is 2. The van der Waals surface area contributed by atoms with E-state index in [1.807, 2.05) is 42.7 Å². The summed E-state index contributed by atoms with van der Waals surface area (Å²) in [5.74, 6) is 1.88. The summed E-state index contributed by atoms with van der Waals surface area (Å²) in [5, 5.41) is 6.84. The third-order valence-electron chi connectivity index (χ3n) is 13.7. The molecular formula is C61H40N7OPt-3. The topological polar surface area (TPSA) is 56.3 Å². The first-order valence-electron chi connectivity index (χ1n) is 23.1. The van der Waals surface area contributed by atoms with Gasteiger partial charge in [-0.1, -0.05) is 103 Å². The van der Waals surface area contributed by atoms with Crippen LogP contribution in [0.5, 0.6) is 11.5 Å². The van der Waals surface area contributed by atoms with E-state index in [-0.39, 0.29) is 21.1 Å². The molecule has 0 spiro atoms. The fourth-order valence-corrected chi connectivity index (χ4v) is 10.7. The van der Waals surface area contributed by atoms with Crippen LogP contribution in [-0.4, -0.2) is 30.7 Å². The normalized spacial score (nSPS) is 12.5. The van der Waals surface area contributed by atoms with E-state index in [0.717, 1.165) is 94.9 Å². The molecular weight excluding hydrogens is 1040 g/mol. The molecule has 8 aromatic carbocycles. The molecule has 0 radical (unpaired) electrons. The zero-order valence-electron chi connectivity index (χ0n) is 38.0. The van der Waals surface area contributed by atoms with Crippen LogP contribution in [0.2, 0.25) is 0 Å². The molecule has 13 aromatic rings. The molecule has 0 bridgehead atoms. The second-order valence-corrected chi connectivity index (χ2v) is 17.7. The number of aromatic nitrogens is 5. The minimum Gasteiger partial charge on any atom is -0.509 e. The van der Waals surface area contributed by atoms with E-state index in [9.17, 15) is 0 Å². The van der Waals surface area contributed by atoms with Crippen molar-refractivity contribution in [1.29, 1.82) is 0 Å². The molecule has 1 aliphatic heterocycles. The van der Waals surface area contributed by atoms with Crippen molar-refractivity contribution in [1.82, 2.24) is 23.7 Å². The molecule has 0 fully saturated rings. The average molecular weight is 1080 g/mol. The molecule has 8 nitrogen and oxygen atoms in total. The second kappa shape index (κ2) is 16.4. The van der Waals surface area contributed by atoms with Crippen molar-refractivity contribution < 1.29 is 25.8 Å². The maximum Gasteiger partial charge on any atom is 0.137 e. The Morgan fingerprint density at radius 1 is 0.486 bits per heavy atom. The number of hydrogen-bond donors (Lipinski definition) is 0. The fourth-order valence-electron chi connectivity index (χ4n) is 10.7. The summed E-state index contributed by atoms with van der Waals surface area (Å²) in [4.78, 5) is 14.6. The Morgan fingerprint density at radius 2 is 1.03 bits per heavy atom. The number of aryl methyl sites for hydroxylation is 1. The minimum atomic E-state index is 0. The van der Waals surface area contributed by atoms with Gasteiger partial charge in [0.05, 0.1) is 33.4 Å². The summed E-state index contributed by atoms with van der Waals surface area (Å²) in [6.45, 7) is 4.26. The number of nitrogens with zero attached hydrogens (tertiary/aromatic N) is 7. The van der Waals surface area contributed by atoms with Crippen molar-refractivity contribution in [3.63, 3.8) is 0 Å². The van der Waals surface area contributed by atoms with Gasteiger partial charge in [0, 0.05) is 89.0 Å². The predicted octanol–water partition coefficient (Wildman–Crippen LogP) is 14.8. The van der Waals surface area contributed by atoms with Crippen LogP contribution >= 0.6 is 0 Å². The Balaban J connectivity index is 0.00000480. The minimum absolute atomic E-state index is 0. The molecule has 0 N–H and O–H groups in total. The second-order valence-electron chi connectivity index (χ2n) is 17.7. The van der Waals surface area contributed by atoms with Crippen LogP contribution in [-0.2, 0) is 21.1 Å². The van der Waals surface area contributed by atoms with Crippen LogP contribution in [0, 0.1) is 25.7 Å². The SMILES string of the molecule is Cc1cc(-n2c3[c-]c(Oc4[c-]c(N5[CH-]N(C)c6ccccc65)ccc4)ccc3c3cccnc32)ncc1-c1c(-n2c3ccccc3c3ccccc32)cccc1-n1c2ccccc2c2ccccc21.[Pt]. The molecule has 0 unspecified atom stereocenters. The van der Waals surface area contributed by atoms with Gasteiger partial charge in [-0.2, -0.15) is 18.8 Å². The van der Waals surface area contributed by atoms with Gasteiger partial charge in [0.25, 0.3) is 0 Å². The molecule has 1 aliphatic rings. The zero-order valence-corrected chi connectivity index (χ0v) is 40.3. The molecule has 70 heavy (non-hydrogen) atoms. The zero-order chi connectivity index (χ0) is 45.7. The fraction of sp³-hybridized carbons (Fsp3) is 0.0328. The first-order valence-corrected chi connectivity index (χ1v) is 23.1. The Hall–Kier alpha value is -8.45. The smallest absolute Gasteiger partial charge is 0.137 e. The quantitative estimate of drug-likeness (QED) is 0.149. The van der Waals surface area contributed by atoms with Gasteiger partial charge in [-0.05, 0) is 85.6 Å². The van der Waals surface area contributed by atoms with Gasteiger partial charge in [-0.25, -0.2) is 9.97 Å². The van der Waals surface area contributed by atoms with Crippen LogP contribution in [0.25, 0.3) is 93.9 Å². The number of fused-ring (bicyclic) bond motifs is 10. The van der Waals surface area contributed by atoms with Crippen LogP contribution < -0.4 is 14.5 Å². The van der Waals surface area contributed by atoms with Crippen molar-refractivity contribution in [2.75, 3.05) is 16.8 Å². The summed E-state index contributed by atoms with van der Waals surface area (Å²) in [5.41, 5.74) is 14.6. The van der Waals surface area contributed by atoms with E-state index in [1.54, 1.807) is 0 Å². The molecule has 6 heterocycles. The van der Waals surface area contributed by atoms with Crippen molar-refractivity contribution in [3.8, 4) is 39.8 Å². The van der Waals surface area contributed by atoms with E-state index >= 15 is 0 Å². The van der Waals surface area contributed by atoms with Crippen LogP contribution in [0.3, 0.4) is 0 Å². The number of anilines is 3. The third kappa shape index (κ3) is 6.33. The molecule has 14 rings (SSSR count). The molecule has 338 valence electrons. The van der Waals surface area contributed by atoms with Crippen LogP contribution in [0.4, 0.5) is 17.1 Å². The maximum absolute atomic E-state index is 6.58. The van der Waals surface area contributed by atoms with E-state index in [4.69, 9.17) is 14.7 Å².